The van der Waals surface area contributed by atoms with Crippen molar-refractivity contribution < 1.29 is 9.53 Å². The van der Waals surface area contributed by atoms with Crippen LogP contribution >= 0.6 is 0 Å². The van der Waals surface area contributed by atoms with E-state index in [1.807, 2.05) is 32.2 Å². The monoisotopic (exact) mass is 287 g/mol. The molecular formula is C16H21N3O2. The fourth-order valence-corrected chi connectivity index (χ4v) is 2.64. The quantitative estimate of drug-likeness (QED) is 0.882. The Morgan fingerprint density at radius 1 is 1.48 bits per heavy atom. The van der Waals surface area contributed by atoms with Gasteiger partial charge in [-0.2, -0.15) is 5.26 Å². The topological polar surface area (TPSA) is 65.4 Å². The van der Waals surface area contributed by atoms with Crippen molar-refractivity contribution in [3.05, 3.63) is 35.4 Å². The maximum atomic E-state index is 12.7. The molecule has 2 unspecified atom stereocenters. The minimum Gasteiger partial charge on any atom is -0.379 e. The second-order valence-electron chi connectivity index (χ2n) is 5.16. The first kappa shape index (κ1) is 15.5. The molecule has 1 aliphatic rings. The smallest absolute Gasteiger partial charge is 0.229 e. The van der Waals surface area contributed by atoms with Gasteiger partial charge in [-0.15, -0.1) is 0 Å². The van der Waals surface area contributed by atoms with E-state index in [2.05, 4.69) is 11.4 Å². The minimum absolute atomic E-state index is 0.0674. The third-order valence-corrected chi connectivity index (χ3v) is 3.96. The van der Waals surface area contributed by atoms with Gasteiger partial charge in [-0.3, -0.25) is 4.79 Å². The number of likely N-dealkylation sites (N-methyl/N-ethyl adjacent to an activating group) is 1. The van der Waals surface area contributed by atoms with Crippen molar-refractivity contribution in [3.8, 4) is 6.07 Å². The zero-order valence-electron chi connectivity index (χ0n) is 12.5. The van der Waals surface area contributed by atoms with Crippen LogP contribution in [-0.4, -0.2) is 43.7 Å². The second-order valence-corrected chi connectivity index (χ2v) is 5.16. The fourth-order valence-electron chi connectivity index (χ4n) is 2.64. The molecule has 1 N–H and O–H groups in total. The number of nitrogens with one attached hydrogen (secondary N) is 1. The highest BCUT2D eigenvalue weighted by atomic mass is 16.5. The Balaban J connectivity index is 2.13. The van der Waals surface area contributed by atoms with Gasteiger partial charge in [0.25, 0.3) is 0 Å². The molecule has 0 bridgehead atoms. The van der Waals surface area contributed by atoms with Crippen molar-refractivity contribution >= 4 is 5.91 Å². The summed E-state index contributed by atoms with van der Waals surface area (Å²) >= 11 is 0. The van der Waals surface area contributed by atoms with Gasteiger partial charge < -0.3 is 15.0 Å². The molecular weight excluding hydrogens is 266 g/mol. The summed E-state index contributed by atoms with van der Waals surface area (Å²) in [6.07, 6.45) is 0. The second kappa shape index (κ2) is 7.21. The number of hydrogen-bond acceptors (Lipinski definition) is 4. The summed E-state index contributed by atoms with van der Waals surface area (Å²) in [7, 11) is 1.85. The Morgan fingerprint density at radius 3 is 2.90 bits per heavy atom. The predicted molar refractivity (Wildman–Crippen MR) is 79.4 cm³/mol. The van der Waals surface area contributed by atoms with Gasteiger partial charge in [-0.1, -0.05) is 18.2 Å². The molecule has 2 atom stereocenters. The molecule has 1 aromatic rings. The molecule has 1 saturated heterocycles. The van der Waals surface area contributed by atoms with E-state index in [0.717, 1.165) is 5.56 Å². The highest BCUT2D eigenvalue weighted by molar-refractivity contribution is 5.80. The van der Waals surface area contributed by atoms with Crippen molar-refractivity contribution in [3.63, 3.8) is 0 Å². The number of nitrogens with zero attached hydrogens (tertiary/aromatic N) is 2. The zero-order valence-corrected chi connectivity index (χ0v) is 12.5. The largest absolute Gasteiger partial charge is 0.379 e. The fraction of sp³-hybridized carbons (Fsp3) is 0.500. The van der Waals surface area contributed by atoms with Gasteiger partial charge in [0.15, 0.2) is 0 Å². The molecule has 5 nitrogen and oxygen atoms in total. The van der Waals surface area contributed by atoms with Crippen LogP contribution in [0.15, 0.2) is 24.3 Å². The first-order valence-corrected chi connectivity index (χ1v) is 7.23. The van der Waals surface area contributed by atoms with E-state index < -0.39 is 0 Å². The number of ether oxygens (including phenoxy) is 1. The molecule has 5 heteroatoms. The highest BCUT2D eigenvalue weighted by Crippen LogP contribution is 2.19. The number of carbonyl (C=O) groups is 1. The Kier molecular flexibility index (Phi) is 5.32. The molecule has 0 saturated carbocycles. The third kappa shape index (κ3) is 3.41. The average Bonchev–Trinajstić information content (AvgIpc) is 3.00. The number of rotatable bonds is 5. The van der Waals surface area contributed by atoms with E-state index >= 15 is 0 Å². The van der Waals surface area contributed by atoms with Gasteiger partial charge in [0.05, 0.1) is 30.8 Å². The number of nitriles is 1. The summed E-state index contributed by atoms with van der Waals surface area (Å²) in [6, 6.07) is 9.65. The van der Waals surface area contributed by atoms with E-state index in [1.165, 1.54) is 0 Å². The van der Waals surface area contributed by atoms with Crippen molar-refractivity contribution in [2.75, 3.05) is 26.8 Å². The van der Waals surface area contributed by atoms with E-state index in [-0.39, 0.29) is 17.9 Å². The maximum absolute atomic E-state index is 12.7. The molecule has 0 radical (unpaired) electrons. The van der Waals surface area contributed by atoms with Crippen LogP contribution in [-0.2, 0) is 16.1 Å². The van der Waals surface area contributed by atoms with Crippen LogP contribution in [0.1, 0.15) is 18.1 Å². The van der Waals surface area contributed by atoms with Crippen LogP contribution in [0.25, 0.3) is 0 Å². The standard InChI is InChI=1S/C16H21N3O2/c1-3-19(9-13-7-5-4-6-12(13)8-17)16(20)14-10-21-11-15(14)18-2/h4-7,14-15,18H,3,9-11H2,1-2H3. The predicted octanol–water partition coefficient (Wildman–Crippen LogP) is 1.14. The molecule has 2 rings (SSSR count). The van der Waals surface area contributed by atoms with Crippen molar-refractivity contribution in [2.45, 2.75) is 19.5 Å². The van der Waals surface area contributed by atoms with Crippen molar-refractivity contribution in [2.24, 2.45) is 5.92 Å². The lowest BCUT2D eigenvalue weighted by atomic mass is 10.0. The molecule has 0 aromatic heterocycles. The maximum Gasteiger partial charge on any atom is 0.229 e. The van der Waals surface area contributed by atoms with Crippen LogP contribution in [0, 0.1) is 17.2 Å². The minimum atomic E-state index is -0.149. The van der Waals surface area contributed by atoms with E-state index in [1.54, 1.807) is 11.0 Å². The summed E-state index contributed by atoms with van der Waals surface area (Å²) in [6.45, 7) is 4.06. The molecule has 1 aliphatic heterocycles. The third-order valence-electron chi connectivity index (χ3n) is 3.96. The van der Waals surface area contributed by atoms with Gasteiger partial charge >= 0.3 is 0 Å². The van der Waals surface area contributed by atoms with Crippen LogP contribution in [0.5, 0.6) is 0 Å². The highest BCUT2D eigenvalue weighted by Gasteiger charge is 2.35. The zero-order chi connectivity index (χ0) is 15.2. The summed E-state index contributed by atoms with van der Waals surface area (Å²) in [5.41, 5.74) is 1.51. The van der Waals surface area contributed by atoms with E-state index in [9.17, 15) is 4.79 Å². The number of amides is 1. The molecule has 0 spiro atoms. The summed E-state index contributed by atoms with van der Waals surface area (Å²) in [4.78, 5) is 14.5. The molecule has 1 aromatic carbocycles. The first-order valence-electron chi connectivity index (χ1n) is 7.23. The van der Waals surface area contributed by atoms with Crippen LogP contribution in [0.4, 0.5) is 0 Å². The lowest BCUT2D eigenvalue weighted by molar-refractivity contribution is -0.136. The van der Waals surface area contributed by atoms with Crippen molar-refractivity contribution in [1.29, 1.82) is 5.26 Å². The molecule has 1 amide bonds. The molecule has 1 heterocycles. The lowest BCUT2D eigenvalue weighted by Crippen LogP contribution is -2.44. The number of hydrogen-bond donors (Lipinski definition) is 1. The Morgan fingerprint density at radius 2 is 2.24 bits per heavy atom. The van der Waals surface area contributed by atoms with Gasteiger partial charge in [0, 0.05) is 19.1 Å². The van der Waals surface area contributed by atoms with Gasteiger partial charge in [0.1, 0.15) is 0 Å². The van der Waals surface area contributed by atoms with Crippen LogP contribution in [0.3, 0.4) is 0 Å². The SMILES string of the molecule is CCN(Cc1ccccc1C#N)C(=O)C1COCC1NC. The molecule has 1 fully saturated rings. The van der Waals surface area contributed by atoms with E-state index in [0.29, 0.717) is 31.9 Å². The Labute approximate surface area is 125 Å². The van der Waals surface area contributed by atoms with Crippen LogP contribution in [0.2, 0.25) is 0 Å². The molecule has 0 aliphatic carbocycles. The summed E-state index contributed by atoms with van der Waals surface area (Å²) in [5.74, 6) is -0.0636. The molecule has 112 valence electrons. The summed E-state index contributed by atoms with van der Waals surface area (Å²) < 4.78 is 5.41. The Bertz CT molecular complexity index is 539. The van der Waals surface area contributed by atoms with Gasteiger partial charge in [-0.05, 0) is 25.6 Å². The lowest BCUT2D eigenvalue weighted by Gasteiger charge is -2.26. The molecule has 21 heavy (non-hydrogen) atoms. The van der Waals surface area contributed by atoms with E-state index in [4.69, 9.17) is 10.00 Å². The van der Waals surface area contributed by atoms with Crippen LogP contribution < -0.4 is 5.32 Å². The van der Waals surface area contributed by atoms with Gasteiger partial charge in [0.2, 0.25) is 5.91 Å². The number of carbonyl (C=O) groups excluding carboxylic acids is 1. The number of benzene rings is 1. The van der Waals surface area contributed by atoms with Gasteiger partial charge in [-0.25, -0.2) is 0 Å². The average molecular weight is 287 g/mol. The first-order chi connectivity index (χ1) is 10.2. The van der Waals surface area contributed by atoms with Crippen molar-refractivity contribution in [1.82, 2.24) is 10.2 Å². The Hall–Kier alpha value is -1.90. The summed E-state index contributed by atoms with van der Waals surface area (Å²) in [5, 5.41) is 12.3. The normalized spacial score (nSPS) is 21.0.